The van der Waals surface area contributed by atoms with Crippen LogP contribution >= 0.6 is 11.6 Å². The lowest BCUT2D eigenvalue weighted by Gasteiger charge is -2.33. The SMILES string of the molecule is CCCCOCc1nc2ccc(F)cc2n1C(C(=O)NC1CCCCC1)C1CCCCC1.Cc1cc(Cl)ccc1OCC(=O)O. The van der Waals surface area contributed by atoms with Gasteiger partial charge >= 0.3 is 5.97 Å². The molecule has 2 aromatic carbocycles. The number of carbonyl (C=O) groups is 2. The third-order valence-electron chi connectivity index (χ3n) is 8.68. The standard InChI is InChI=1S/C26H38FN3O2.C9H9ClO3/c1-2-3-16-32-18-24-29-22-15-14-20(27)17-23(22)30(24)25(19-10-6-4-7-11-19)26(31)28-21-12-8-5-9-13-21;1-6-4-7(10)2-3-8(6)13-5-9(11)12/h14-15,17,19,21,25H,2-13,16,18H2,1H3,(H,28,31);2-4H,5H2,1H3,(H,11,12). The summed E-state index contributed by atoms with van der Waals surface area (Å²) in [6.07, 6.45) is 13.3. The minimum atomic E-state index is -0.991. The van der Waals surface area contributed by atoms with E-state index >= 15 is 0 Å². The lowest BCUT2D eigenvalue weighted by molar-refractivity contribution is -0.139. The Kier molecular flexibility index (Phi) is 13.5. The Hall–Kier alpha value is -3.17. The van der Waals surface area contributed by atoms with Crippen LogP contribution in [0.5, 0.6) is 5.75 Å². The van der Waals surface area contributed by atoms with Gasteiger partial charge in [0.1, 0.15) is 30.0 Å². The number of unbranched alkanes of at least 4 members (excludes halogenated alkanes) is 1. The molecule has 45 heavy (non-hydrogen) atoms. The van der Waals surface area contributed by atoms with Gasteiger partial charge in [0, 0.05) is 17.7 Å². The van der Waals surface area contributed by atoms with E-state index in [4.69, 9.17) is 31.2 Å². The molecule has 1 amide bonds. The normalized spacial score (nSPS) is 16.5. The lowest BCUT2D eigenvalue weighted by atomic mass is 9.83. The second kappa shape index (κ2) is 17.5. The van der Waals surface area contributed by atoms with Crippen molar-refractivity contribution in [2.24, 2.45) is 5.92 Å². The van der Waals surface area contributed by atoms with Crippen molar-refractivity contribution in [2.75, 3.05) is 13.2 Å². The number of nitrogens with zero attached hydrogens (tertiary/aromatic N) is 2. The maximum absolute atomic E-state index is 14.3. The zero-order chi connectivity index (χ0) is 32.2. The van der Waals surface area contributed by atoms with E-state index in [-0.39, 0.29) is 36.3 Å². The fourth-order valence-electron chi connectivity index (χ4n) is 6.38. The average molecular weight is 644 g/mol. The highest BCUT2D eigenvalue weighted by molar-refractivity contribution is 6.30. The Morgan fingerprint density at radius 1 is 1.07 bits per heavy atom. The van der Waals surface area contributed by atoms with Gasteiger partial charge < -0.3 is 24.5 Å². The molecule has 0 bridgehead atoms. The number of carbonyl (C=O) groups excluding carboxylic acids is 1. The molecule has 10 heteroatoms. The number of ether oxygens (including phenoxy) is 2. The van der Waals surface area contributed by atoms with Crippen molar-refractivity contribution < 1.29 is 28.6 Å². The summed E-state index contributed by atoms with van der Waals surface area (Å²) in [6, 6.07) is 9.60. The number of hydrogen-bond donors (Lipinski definition) is 2. The van der Waals surface area contributed by atoms with Gasteiger partial charge in [0.25, 0.3) is 0 Å². The van der Waals surface area contributed by atoms with Gasteiger partial charge in [0.2, 0.25) is 5.91 Å². The maximum atomic E-state index is 14.3. The number of aromatic nitrogens is 2. The lowest BCUT2D eigenvalue weighted by Crippen LogP contribution is -2.43. The Morgan fingerprint density at radius 3 is 2.44 bits per heavy atom. The summed E-state index contributed by atoms with van der Waals surface area (Å²) in [7, 11) is 0. The zero-order valence-corrected chi connectivity index (χ0v) is 27.3. The first kappa shape index (κ1) is 34.7. The van der Waals surface area contributed by atoms with Gasteiger partial charge in [-0.1, -0.05) is 63.5 Å². The number of rotatable bonds is 12. The molecular formula is C35H47ClFN3O5. The highest BCUT2D eigenvalue weighted by Gasteiger charge is 2.35. The molecular weight excluding hydrogens is 597 g/mol. The maximum Gasteiger partial charge on any atom is 0.341 e. The van der Waals surface area contributed by atoms with Crippen LogP contribution in [0.1, 0.15) is 101 Å². The summed E-state index contributed by atoms with van der Waals surface area (Å²) >= 11 is 5.71. The highest BCUT2D eigenvalue weighted by Crippen LogP contribution is 2.37. The van der Waals surface area contributed by atoms with Crippen molar-refractivity contribution in [3.8, 4) is 5.75 Å². The number of aryl methyl sites for hydroxylation is 1. The largest absolute Gasteiger partial charge is 0.482 e. The molecule has 5 rings (SSSR count). The van der Waals surface area contributed by atoms with Crippen LogP contribution in [-0.4, -0.2) is 45.8 Å². The number of hydrogen-bond acceptors (Lipinski definition) is 5. The number of nitrogens with one attached hydrogen (secondary N) is 1. The van der Waals surface area contributed by atoms with Gasteiger partial charge in [-0.05, 0) is 86.9 Å². The zero-order valence-electron chi connectivity index (χ0n) is 26.5. The predicted molar refractivity (Wildman–Crippen MR) is 174 cm³/mol. The van der Waals surface area contributed by atoms with Crippen LogP contribution < -0.4 is 10.1 Å². The van der Waals surface area contributed by atoms with Gasteiger partial charge in [0.05, 0.1) is 11.0 Å². The van der Waals surface area contributed by atoms with Crippen LogP contribution in [0, 0.1) is 18.7 Å². The number of carboxylic acids is 1. The number of halogens is 2. The molecule has 3 aromatic rings. The molecule has 246 valence electrons. The van der Waals surface area contributed by atoms with Gasteiger partial charge in [0.15, 0.2) is 6.61 Å². The Morgan fingerprint density at radius 2 is 1.78 bits per heavy atom. The van der Waals surface area contributed by atoms with E-state index in [1.165, 1.54) is 37.8 Å². The number of amides is 1. The second-order valence-electron chi connectivity index (χ2n) is 12.2. The summed E-state index contributed by atoms with van der Waals surface area (Å²) in [5, 5.41) is 12.3. The smallest absolute Gasteiger partial charge is 0.341 e. The molecule has 2 saturated carbocycles. The molecule has 8 nitrogen and oxygen atoms in total. The molecule has 0 aliphatic heterocycles. The van der Waals surface area contributed by atoms with Crippen molar-refractivity contribution in [3.63, 3.8) is 0 Å². The number of aliphatic carboxylic acids is 1. The van der Waals surface area contributed by atoms with Crippen LogP contribution in [0.4, 0.5) is 4.39 Å². The van der Waals surface area contributed by atoms with Crippen molar-refractivity contribution in [1.82, 2.24) is 14.9 Å². The van der Waals surface area contributed by atoms with E-state index < -0.39 is 5.97 Å². The number of imidazole rings is 1. The molecule has 1 heterocycles. The van der Waals surface area contributed by atoms with Crippen molar-refractivity contribution in [1.29, 1.82) is 0 Å². The number of fused-ring (bicyclic) bond motifs is 1. The van der Waals surface area contributed by atoms with Crippen molar-refractivity contribution >= 4 is 34.5 Å². The Bertz CT molecular complexity index is 1400. The van der Waals surface area contributed by atoms with Crippen molar-refractivity contribution in [2.45, 2.75) is 110 Å². The summed E-state index contributed by atoms with van der Waals surface area (Å²) in [5.41, 5.74) is 2.26. The van der Waals surface area contributed by atoms with Crippen LogP contribution in [0.2, 0.25) is 5.02 Å². The first-order valence-corrected chi connectivity index (χ1v) is 16.8. The van der Waals surface area contributed by atoms with E-state index in [9.17, 15) is 14.0 Å². The summed E-state index contributed by atoms with van der Waals surface area (Å²) in [5.74, 6) is 0.300. The summed E-state index contributed by atoms with van der Waals surface area (Å²) < 4.78 is 27.2. The molecule has 1 atom stereocenters. The predicted octanol–water partition coefficient (Wildman–Crippen LogP) is 8.17. The van der Waals surface area contributed by atoms with Crippen molar-refractivity contribution in [3.05, 3.63) is 58.6 Å². The van der Waals surface area contributed by atoms with E-state index in [2.05, 4.69) is 12.2 Å². The fourth-order valence-corrected chi connectivity index (χ4v) is 6.60. The molecule has 1 aromatic heterocycles. The number of benzene rings is 2. The topological polar surface area (TPSA) is 103 Å². The van der Waals surface area contributed by atoms with E-state index in [1.54, 1.807) is 24.3 Å². The van der Waals surface area contributed by atoms with E-state index in [0.29, 0.717) is 29.5 Å². The fraction of sp³-hybridized carbons (Fsp3) is 0.571. The second-order valence-corrected chi connectivity index (χ2v) is 12.7. The van der Waals surface area contributed by atoms with Gasteiger partial charge in [-0.25, -0.2) is 14.2 Å². The van der Waals surface area contributed by atoms with Crippen LogP contribution in [-0.2, 0) is 20.9 Å². The third-order valence-corrected chi connectivity index (χ3v) is 8.92. The molecule has 2 aliphatic rings. The molecule has 1 unspecified atom stereocenters. The quantitative estimate of drug-likeness (QED) is 0.193. The van der Waals surface area contributed by atoms with Crippen LogP contribution in [0.25, 0.3) is 11.0 Å². The minimum absolute atomic E-state index is 0.0715. The van der Waals surface area contributed by atoms with E-state index in [1.807, 2.05) is 11.5 Å². The van der Waals surface area contributed by atoms with E-state index in [0.717, 1.165) is 68.3 Å². The van der Waals surface area contributed by atoms with Gasteiger partial charge in [-0.15, -0.1) is 0 Å². The molecule has 0 radical (unpaired) electrons. The number of carboxylic acid groups (broad SMARTS) is 1. The third kappa shape index (κ3) is 10.2. The first-order chi connectivity index (χ1) is 21.8. The first-order valence-electron chi connectivity index (χ1n) is 16.4. The summed E-state index contributed by atoms with van der Waals surface area (Å²) in [4.78, 5) is 28.8. The van der Waals surface area contributed by atoms with Crippen LogP contribution in [0.3, 0.4) is 0 Å². The Balaban J connectivity index is 0.000000297. The Labute approximate surface area is 270 Å². The monoisotopic (exact) mass is 643 g/mol. The molecule has 2 aliphatic carbocycles. The van der Waals surface area contributed by atoms with Gasteiger partial charge in [-0.2, -0.15) is 0 Å². The molecule has 2 N–H and O–H groups in total. The molecule has 0 spiro atoms. The molecule has 2 fully saturated rings. The molecule has 0 saturated heterocycles. The van der Waals surface area contributed by atoms with Crippen LogP contribution in [0.15, 0.2) is 36.4 Å². The average Bonchev–Trinajstić information content (AvgIpc) is 3.37. The van der Waals surface area contributed by atoms with Gasteiger partial charge in [-0.3, -0.25) is 4.79 Å². The highest BCUT2D eigenvalue weighted by atomic mass is 35.5. The minimum Gasteiger partial charge on any atom is -0.482 e. The summed E-state index contributed by atoms with van der Waals surface area (Å²) in [6.45, 7) is 4.62.